The quantitative estimate of drug-likeness (QED) is 0.366. The minimum absolute atomic E-state index is 0. The molecule has 0 spiro atoms. The van der Waals surface area contributed by atoms with Crippen LogP contribution in [0, 0.1) is 18.8 Å². The van der Waals surface area contributed by atoms with E-state index in [1.54, 1.807) is 43.0 Å². The normalized spacial score (nSPS) is 9.90. The molecule has 151 valence electrons. The van der Waals surface area contributed by atoms with Crippen LogP contribution in [0.15, 0.2) is 58.3 Å². The van der Waals surface area contributed by atoms with Crippen molar-refractivity contribution in [3.63, 3.8) is 0 Å². The van der Waals surface area contributed by atoms with Crippen molar-refractivity contribution in [1.82, 2.24) is 29.7 Å². The van der Waals surface area contributed by atoms with E-state index in [4.69, 9.17) is 0 Å². The Kier molecular flexibility index (Phi) is 7.46. The molecule has 8 nitrogen and oxygen atoms in total. The predicted octanol–water partition coefficient (Wildman–Crippen LogP) is 1.48. The minimum atomic E-state index is -0.654. The van der Waals surface area contributed by atoms with E-state index in [2.05, 4.69) is 26.1 Å². The number of halogens is 1. The van der Waals surface area contributed by atoms with Crippen LogP contribution in [0.4, 0.5) is 4.39 Å². The van der Waals surface area contributed by atoms with E-state index in [1.165, 1.54) is 24.3 Å². The maximum atomic E-state index is 12.9. The average molecular weight is 571 g/mol. The molecule has 1 aromatic carbocycles. The largest absolute Gasteiger partial charge is 0.399 e. The Morgan fingerprint density at radius 1 is 1.21 bits per heavy atom. The summed E-state index contributed by atoms with van der Waals surface area (Å²) in [4.78, 5) is 35.7. The van der Waals surface area contributed by atoms with Gasteiger partial charge in [0.05, 0.1) is 11.5 Å². The van der Waals surface area contributed by atoms with Crippen molar-refractivity contribution in [2.75, 3.05) is 0 Å². The average Bonchev–Trinajstić information content (AvgIpc) is 3.00. The van der Waals surface area contributed by atoms with E-state index < -0.39 is 11.2 Å². The summed E-state index contributed by atoms with van der Waals surface area (Å²) in [5.41, 5.74) is 0.298. The molecule has 1 radical (unpaired) electrons. The molecule has 1 N–H and O–H groups in total. The second-order valence-electron chi connectivity index (χ2n) is 5.68. The van der Waals surface area contributed by atoms with Gasteiger partial charge in [0.1, 0.15) is 5.82 Å². The van der Waals surface area contributed by atoms with Gasteiger partial charge < -0.3 is 9.97 Å². The molecule has 0 bridgehead atoms. The van der Waals surface area contributed by atoms with Crippen molar-refractivity contribution in [3.05, 3.63) is 87.2 Å². The first-order valence-corrected chi connectivity index (χ1v) is 8.17. The van der Waals surface area contributed by atoms with Gasteiger partial charge in [0.25, 0.3) is 0 Å². The fraction of sp³-hybridized carbons (Fsp3) is 0.105. The Labute approximate surface area is 178 Å². The molecule has 0 amide bonds. The van der Waals surface area contributed by atoms with E-state index in [1.807, 2.05) is 4.98 Å². The fourth-order valence-corrected chi connectivity index (χ4v) is 2.40. The monoisotopic (exact) mass is 571 g/mol. The molecule has 0 unspecified atom stereocenters. The third-order valence-corrected chi connectivity index (χ3v) is 3.52. The first-order valence-electron chi connectivity index (χ1n) is 8.17. The van der Waals surface area contributed by atoms with Gasteiger partial charge in [-0.05, 0) is 30.8 Å². The Bertz CT molecular complexity index is 1170. The molecule has 0 aliphatic heterocycles. The van der Waals surface area contributed by atoms with E-state index in [0.717, 1.165) is 0 Å². The Balaban J connectivity index is 0.000000200. The van der Waals surface area contributed by atoms with Crippen molar-refractivity contribution in [2.24, 2.45) is 7.05 Å². The van der Waals surface area contributed by atoms with Crippen LogP contribution in [0.3, 0.4) is 0 Å². The van der Waals surface area contributed by atoms with Crippen LogP contribution in [0.25, 0.3) is 22.8 Å². The molecule has 4 rings (SSSR count). The third-order valence-electron chi connectivity index (χ3n) is 3.52. The topological polar surface area (TPSA) is 108 Å². The van der Waals surface area contributed by atoms with Gasteiger partial charge in [0.15, 0.2) is 11.2 Å². The SMILES string of the molecule is Cc1nc(-c2[c-]ccc(F)c2)n(C)n1.O=c1cc(-c2ccccn2)[n-]c(=O)[nH]1.[Ir]. The van der Waals surface area contributed by atoms with Crippen molar-refractivity contribution in [2.45, 2.75) is 6.92 Å². The number of aryl methyl sites for hydroxylation is 2. The first-order chi connectivity index (χ1) is 13.4. The van der Waals surface area contributed by atoms with E-state index in [-0.39, 0.29) is 25.9 Å². The molecule has 10 heteroatoms. The number of hydrogen-bond donors (Lipinski definition) is 1. The van der Waals surface area contributed by atoms with Gasteiger partial charge in [-0.3, -0.25) is 24.2 Å². The van der Waals surface area contributed by atoms with Gasteiger partial charge >= 0.3 is 0 Å². The molecule has 0 aliphatic rings. The molecule has 0 saturated carbocycles. The van der Waals surface area contributed by atoms with E-state index >= 15 is 0 Å². The van der Waals surface area contributed by atoms with Crippen LogP contribution >= 0.6 is 0 Å². The molecule has 3 heterocycles. The second-order valence-corrected chi connectivity index (χ2v) is 5.68. The van der Waals surface area contributed by atoms with Crippen LogP contribution < -0.4 is 16.2 Å². The third kappa shape index (κ3) is 5.87. The van der Waals surface area contributed by atoms with Crippen molar-refractivity contribution >= 4 is 0 Å². The summed E-state index contributed by atoms with van der Waals surface area (Å²) in [6, 6.07) is 13.6. The number of aromatic amines is 1. The van der Waals surface area contributed by atoms with E-state index in [9.17, 15) is 14.0 Å². The van der Waals surface area contributed by atoms with Crippen molar-refractivity contribution < 1.29 is 24.5 Å². The molecule has 29 heavy (non-hydrogen) atoms. The molecular formula is C19H15FIrN6O2-2. The zero-order chi connectivity index (χ0) is 20.1. The Morgan fingerprint density at radius 2 is 2.00 bits per heavy atom. The summed E-state index contributed by atoms with van der Waals surface area (Å²) in [6.07, 6.45) is 1.57. The maximum absolute atomic E-state index is 12.9. The summed E-state index contributed by atoms with van der Waals surface area (Å²) >= 11 is 0. The number of H-pyrrole nitrogens is 1. The van der Waals surface area contributed by atoms with Gasteiger partial charge in [0, 0.05) is 39.2 Å². The smallest absolute Gasteiger partial charge is 0.171 e. The molecule has 0 atom stereocenters. The Hall–Kier alpha value is -3.23. The number of aromatic nitrogens is 6. The fourth-order valence-electron chi connectivity index (χ4n) is 2.40. The number of pyridine rings is 1. The predicted molar refractivity (Wildman–Crippen MR) is 99.9 cm³/mol. The standard InChI is InChI=1S/C10H9FN3.C9H7N3O2.Ir/c1-7-12-10(14(2)13-7)8-4-3-5-9(11)6-8;13-8-5-7(11-9(14)12-8)6-3-1-2-4-10-6;/h3,5-6H,1-2H3;1-5H,(H2,11,12,13,14);/q-1;;/p-1. The summed E-state index contributed by atoms with van der Waals surface area (Å²) in [5.74, 6) is 1.00. The van der Waals surface area contributed by atoms with Crippen LogP contribution in [0.5, 0.6) is 0 Å². The summed E-state index contributed by atoms with van der Waals surface area (Å²) < 4.78 is 14.5. The first kappa shape index (κ1) is 22.1. The minimum Gasteiger partial charge on any atom is -0.399 e. The van der Waals surface area contributed by atoms with Gasteiger partial charge in [0.2, 0.25) is 0 Å². The van der Waals surface area contributed by atoms with Gasteiger partial charge in [-0.25, -0.2) is 4.39 Å². The second kappa shape index (κ2) is 9.81. The molecular weight excluding hydrogens is 555 g/mol. The van der Waals surface area contributed by atoms with Crippen LogP contribution in [-0.4, -0.2) is 24.7 Å². The van der Waals surface area contributed by atoms with Crippen molar-refractivity contribution in [3.8, 4) is 22.8 Å². The zero-order valence-corrected chi connectivity index (χ0v) is 17.8. The van der Waals surface area contributed by atoms with Crippen LogP contribution in [0.2, 0.25) is 0 Å². The van der Waals surface area contributed by atoms with Crippen LogP contribution in [0.1, 0.15) is 5.82 Å². The van der Waals surface area contributed by atoms with Gasteiger partial charge in [-0.1, -0.05) is 6.07 Å². The zero-order valence-electron chi connectivity index (χ0n) is 15.4. The molecule has 0 aliphatic carbocycles. The molecule has 0 saturated heterocycles. The molecule has 0 fully saturated rings. The summed E-state index contributed by atoms with van der Waals surface area (Å²) in [5, 5.41) is 4.08. The Morgan fingerprint density at radius 3 is 2.59 bits per heavy atom. The maximum Gasteiger partial charge on any atom is 0.171 e. The number of rotatable bonds is 2. The summed E-state index contributed by atoms with van der Waals surface area (Å²) in [6.45, 7) is 1.79. The number of nitrogens with one attached hydrogen (secondary N) is 1. The summed E-state index contributed by atoms with van der Waals surface area (Å²) in [7, 11) is 1.77. The van der Waals surface area contributed by atoms with E-state index in [0.29, 0.717) is 28.6 Å². The molecule has 3 aromatic heterocycles. The van der Waals surface area contributed by atoms with Gasteiger partial charge in [-0.15, -0.1) is 29.8 Å². The molecule has 4 aromatic rings. The number of hydrogen-bond acceptors (Lipinski definition) is 5. The number of benzene rings is 1. The van der Waals surface area contributed by atoms with Crippen LogP contribution in [-0.2, 0) is 27.2 Å². The number of nitrogens with zero attached hydrogens (tertiary/aromatic N) is 5. The van der Waals surface area contributed by atoms with Crippen molar-refractivity contribution in [1.29, 1.82) is 0 Å². The van der Waals surface area contributed by atoms with Gasteiger partial charge in [-0.2, -0.15) is 5.10 Å².